The average Bonchev–Trinajstić information content (AvgIpc) is 2.49. The first-order valence-corrected chi connectivity index (χ1v) is 4.65. The number of halogens is 1. The Morgan fingerprint density at radius 1 is 1.57 bits per heavy atom. The van der Waals surface area contributed by atoms with Crippen molar-refractivity contribution in [1.29, 1.82) is 0 Å². The highest BCUT2D eigenvalue weighted by molar-refractivity contribution is 6.32. The molecule has 0 bridgehead atoms. The minimum absolute atomic E-state index is 0.202. The van der Waals surface area contributed by atoms with Crippen molar-refractivity contribution in [3.63, 3.8) is 0 Å². The molecule has 1 aromatic rings. The van der Waals surface area contributed by atoms with Gasteiger partial charge in [0.15, 0.2) is 0 Å². The lowest BCUT2D eigenvalue weighted by Gasteiger charge is -2.09. The molecule has 0 aliphatic carbocycles. The molecule has 1 unspecified atom stereocenters. The number of aliphatic hydroxyl groups excluding tert-OH is 1. The van der Waals surface area contributed by atoms with Crippen molar-refractivity contribution in [2.45, 2.75) is 19.6 Å². The normalized spacial score (nSPS) is 16.4. The Morgan fingerprint density at radius 3 is 2.93 bits per heavy atom. The van der Waals surface area contributed by atoms with E-state index in [0.717, 1.165) is 0 Å². The molecule has 1 atom stereocenters. The van der Waals surface area contributed by atoms with Crippen LogP contribution in [-0.4, -0.2) is 11.1 Å². The number of hydrogen-bond donors (Lipinski definition) is 1. The van der Waals surface area contributed by atoms with Gasteiger partial charge in [0.25, 0.3) is 0 Å². The monoisotopic (exact) mass is 212 g/mol. The van der Waals surface area contributed by atoms with E-state index < -0.39 is 6.10 Å². The smallest absolute Gasteiger partial charge is 0.338 e. The van der Waals surface area contributed by atoms with Crippen molar-refractivity contribution in [3.8, 4) is 0 Å². The molecular weight excluding hydrogens is 204 g/mol. The van der Waals surface area contributed by atoms with E-state index in [1.807, 2.05) is 0 Å². The highest BCUT2D eigenvalue weighted by Gasteiger charge is 2.25. The molecule has 0 saturated carbocycles. The summed E-state index contributed by atoms with van der Waals surface area (Å²) in [5.41, 5.74) is 1.80. The van der Waals surface area contributed by atoms with Crippen molar-refractivity contribution in [2.75, 3.05) is 0 Å². The van der Waals surface area contributed by atoms with Crippen LogP contribution in [0.4, 0.5) is 0 Å². The molecule has 1 heterocycles. The van der Waals surface area contributed by atoms with Crippen LogP contribution in [0.2, 0.25) is 5.02 Å². The first-order chi connectivity index (χ1) is 6.61. The summed E-state index contributed by atoms with van der Waals surface area (Å²) in [6, 6.07) is 3.29. The van der Waals surface area contributed by atoms with Crippen LogP contribution in [0.1, 0.15) is 34.5 Å². The number of carbonyl (C=O) groups is 1. The SMILES string of the molecule is CC(O)c1ccc2c(c1Cl)COC2=O. The molecule has 0 saturated heterocycles. The van der Waals surface area contributed by atoms with Crippen LogP contribution in [0.15, 0.2) is 12.1 Å². The van der Waals surface area contributed by atoms with Crippen molar-refractivity contribution < 1.29 is 14.6 Å². The van der Waals surface area contributed by atoms with Gasteiger partial charge in [-0.1, -0.05) is 17.7 Å². The van der Waals surface area contributed by atoms with Crippen LogP contribution in [0.5, 0.6) is 0 Å². The Kier molecular flexibility index (Phi) is 2.21. The van der Waals surface area contributed by atoms with Crippen LogP contribution < -0.4 is 0 Å². The maximum atomic E-state index is 11.2. The summed E-state index contributed by atoms with van der Waals surface area (Å²) < 4.78 is 4.83. The third kappa shape index (κ3) is 1.29. The molecule has 4 heteroatoms. The molecule has 1 aromatic carbocycles. The predicted molar refractivity (Wildman–Crippen MR) is 51.2 cm³/mol. The van der Waals surface area contributed by atoms with Gasteiger partial charge in [-0.2, -0.15) is 0 Å². The fraction of sp³-hybridized carbons (Fsp3) is 0.300. The number of esters is 1. The Bertz CT molecular complexity index is 399. The van der Waals surface area contributed by atoms with E-state index in [2.05, 4.69) is 0 Å². The molecule has 2 rings (SSSR count). The lowest BCUT2D eigenvalue weighted by Crippen LogP contribution is -1.98. The minimum Gasteiger partial charge on any atom is -0.457 e. The summed E-state index contributed by atoms with van der Waals surface area (Å²) in [4.78, 5) is 11.2. The lowest BCUT2D eigenvalue weighted by molar-refractivity contribution is 0.0535. The van der Waals surface area contributed by atoms with Gasteiger partial charge < -0.3 is 9.84 Å². The second-order valence-electron chi connectivity index (χ2n) is 3.25. The molecule has 0 fully saturated rings. The summed E-state index contributed by atoms with van der Waals surface area (Å²) in [6.07, 6.45) is -0.636. The van der Waals surface area contributed by atoms with Gasteiger partial charge in [0.2, 0.25) is 0 Å². The highest BCUT2D eigenvalue weighted by Crippen LogP contribution is 2.33. The van der Waals surface area contributed by atoms with Crippen molar-refractivity contribution in [2.24, 2.45) is 0 Å². The standard InChI is InChI=1S/C10H9ClO3/c1-5(12)6-2-3-7-8(9(6)11)4-14-10(7)13/h2-3,5,12H,4H2,1H3. The number of rotatable bonds is 1. The first-order valence-electron chi connectivity index (χ1n) is 4.27. The fourth-order valence-electron chi connectivity index (χ4n) is 1.51. The summed E-state index contributed by atoms with van der Waals surface area (Å²) in [7, 11) is 0. The van der Waals surface area contributed by atoms with E-state index in [-0.39, 0.29) is 12.6 Å². The van der Waals surface area contributed by atoms with Gasteiger partial charge in [-0.3, -0.25) is 0 Å². The van der Waals surface area contributed by atoms with Gasteiger partial charge in [0, 0.05) is 5.56 Å². The Balaban J connectivity index is 2.58. The Hall–Kier alpha value is -1.06. The summed E-state index contributed by atoms with van der Waals surface area (Å²) >= 11 is 6.02. The number of ether oxygens (including phenoxy) is 1. The van der Waals surface area contributed by atoms with Crippen LogP contribution in [0, 0.1) is 0 Å². The second-order valence-corrected chi connectivity index (χ2v) is 3.62. The van der Waals surface area contributed by atoms with Crippen LogP contribution in [0.25, 0.3) is 0 Å². The maximum Gasteiger partial charge on any atom is 0.338 e. The van der Waals surface area contributed by atoms with Crippen molar-refractivity contribution in [3.05, 3.63) is 33.8 Å². The number of aliphatic hydroxyl groups is 1. The van der Waals surface area contributed by atoms with E-state index in [1.165, 1.54) is 0 Å². The number of fused-ring (bicyclic) bond motifs is 1. The van der Waals surface area contributed by atoms with Crippen LogP contribution in [0.3, 0.4) is 0 Å². The molecule has 74 valence electrons. The van der Waals surface area contributed by atoms with Gasteiger partial charge in [-0.25, -0.2) is 4.79 Å². The van der Waals surface area contributed by atoms with E-state index in [9.17, 15) is 9.90 Å². The summed E-state index contributed by atoms with van der Waals surface area (Å²) in [5.74, 6) is -0.348. The van der Waals surface area contributed by atoms with E-state index in [1.54, 1.807) is 19.1 Å². The van der Waals surface area contributed by atoms with Gasteiger partial charge >= 0.3 is 5.97 Å². The second kappa shape index (κ2) is 3.26. The molecule has 1 aliphatic heterocycles. The van der Waals surface area contributed by atoms with Crippen molar-refractivity contribution in [1.82, 2.24) is 0 Å². The summed E-state index contributed by atoms with van der Waals surface area (Å²) in [5, 5.41) is 9.83. The van der Waals surface area contributed by atoms with Gasteiger partial charge in [-0.05, 0) is 18.6 Å². The first kappa shape index (κ1) is 9.49. The molecule has 0 spiro atoms. The number of cyclic esters (lactones) is 1. The molecule has 3 nitrogen and oxygen atoms in total. The summed E-state index contributed by atoms with van der Waals surface area (Å²) in [6.45, 7) is 1.83. The van der Waals surface area contributed by atoms with Gasteiger partial charge in [-0.15, -0.1) is 0 Å². The maximum absolute atomic E-state index is 11.2. The molecule has 1 aliphatic rings. The lowest BCUT2D eigenvalue weighted by atomic mass is 10.0. The molecule has 14 heavy (non-hydrogen) atoms. The van der Waals surface area contributed by atoms with E-state index in [4.69, 9.17) is 16.3 Å². The molecule has 0 amide bonds. The van der Waals surface area contributed by atoms with Crippen LogP contribution >= 0.6 is 11.6 Å². The minimum atomic E-state index is -0.636. The zero-order chi connectivity index (χ0) is 10.3. The number of hydrogen-bond acceptors (Lipinski definition) is 3. The molecular formula is C10H9ClO3. The quantitative estimate of drug-likeness (QED) is 0.725. The third-order valence-corrected chi connectivity index (χ3v) is 2.74. The van der Waals surface area contributed by atoms with Gasteiger partial charge in [0.1, 0.15) is 6.61 Å². The molecule has 0 radical (unpaired) electrons. The van der Waals surface area contributed by atoms with E-state index in [0.29, 0.717) is 21.7 Å². The van der Waals surface area contributed by atoms with Gasteiger partial charge in [0.05, 0.1) is 16.7 Å². The Labute approximate surface area is 86.3 Å². The van der Waals surface area contributed by atoms with E-state index >= 15 is 0 Å². The average molecular weight is 213 g/mol. The predicted octanol–water partition coefficient (Wildman–Crippen LogP) is 2.06. The molecule has 0 aromatic heterocycles. The fourth-order valence-corrected chi connectivity index (χ4v) is 1.89. The largest absolute Gasteiger partial charge is 0.457 e. The third-order valence-electron chi connectivity index (χ3n) is 2.29. The zero-order valence-electron chi connectivity index (χ0n) is 7.58. The number of benzene rings is 1. The highest BCUT2D eigenvalue weighted by atomic mass is 35.5. The van der Waals surface area contributed by atoms with Crippen molar-refractivity contribution >= 4 is 17.6 Å². The van der Waals surface area contributed by atoms with Crippen LogP contribution in [-0.2, 0) is 11.3 Å². The Morgan fingerprint density at radius 2 is 2.29 bits per heavy atom. The molecule has 1 N–H and O–H groups in total. The topological polar surface area (TPSA) is 46.5 Å². The zero-order valence-corrected chi connectivity index (χ0v) is 8.34. The number of carbonyl (C=O) groups excluding carboxylic acids is 1.